The number of rotatable bonds is 12. The van der Waals surface area contributed by atoms with E-state index < -0.39 is 23.6 Å². The molecule has 0 aromatic heterocycles. The minimum Gasteiger partial charge on any atom is -0.355 e. The molecule has 0 rings (SSSR count). The average molecular weight is 414 g/mol. The maximum atomic E-state index is 12.2. The van der Waals surface area contributed by atoms with Crippen molar-refractivity contribution >= 4 is 35.9 Å². The van der Waals surface area contributed by atoms with E-state index in [-0.39, 0.29) is 38.6 Å². The summed E-state index contributed by atoms with van der Waals surface area (Å²) in [7, 11) is 5.68. The molecule has 0 aromatic carbocycles. The fourth-order valence-electron chi connectivity index (χ4n) is 2.01. The first kappa shape index (κ1) is 25.8. The van der Waals surface area contributed by atoms with Crippen molar-refractivity contribution in [2.75, 3.05) is 67.5 Å². The van der Waals surface area contributed by atoms with Crippen LogP contribution in [0.5, 0.6) is 0 Å². The summed E-state index contributed by atoms with van der Waals surface area (Å²) in [6, 6.07) is 0. The molecule has 0 aliphatic rings. The summed E-state index contributed by atoms with van der Waals surface area (Å²) in [5, 5.41) is 4.92. The Morgan fingerprint density at radius 1 is 0.690 bits per heavy atom. The van der Waals surface area contributed by atoms with Crippen LogP contribution in [-0.4, -0.2) is 123 Å². The van der Waals surface area contributed by atoms with E-state index in [0.717, 1.165) is 14.7 Å². The lowest BCUT2D eigenvalue weighted by Crippen LogP contribution is -2.47. The lowest BCUT2D eigenvalue weighted by Gasteiger charge is -2.24. The standard InChI is InChI=1S/C17H30N6O6/c1-6-18-14(26)9-21(3)16(28)11-23(5)17(29)10-22(4)15(27)7-19-13(25)8-20(2)12-24/h12H,6-11H2,1-5H3,(H,18,26)(H,19,25). The van der Waals surface area contributed by atoms with Crippen molar-refractivity contribution in [2.45, 2.75) is 6.92 Å². The van der Waals surface area contributed by atoms with Crippen LogP contribution in [0.4, 0.5) is 0 Å². The molecule has 164 valence electrons. The molecule has 29 heavy (non-hydrogen) atoms. The van der Waals surface area contributed by atoms with E-state index in [1.54, 1.807) is 6.92 Å². The maximum Gasteiger partial charge on any atom is 0.242 e. The van der Waals surface area contributed by atoms with Gasteiger partial charge in [-0.25, -0.2) is 0 Å². The number of hydrogen-bond acceptors (Lipinski definition) is 6. The molecular weight excluding hydrogens is 384 g/mol. The first-order chi connectivity index (χ1) is 13.5. The topological polar surface area (TPSA) is 139 Å². The fourth-order valence-corrected chi connectivity index (χ4v) is 2.01. The van der Waals surface area contributed by atoms with Gasteiger partial charge in [-0.05, 0) is 6.92 Å². The Labute approximate surface area is 170 Å². The normalized spacial score (nSPS) is 9.83. The lowest BCUT2D eigenvalue weighted by molar-refractivity contribution is -0.142. The van der Waals surface area contributed by atoms with E-state index in [2.05, 4.69) is 10.6 Å². The largest absolute Gasteiger partial charge is 0.355 e. The highest BCUT2D eigenvalue weighted by molar-refractivity contribution is 5.91. The molecule has 0 fully saturated rings. The molecule has 2 N–H and O–H groups in total. The smallest absolute Gasteiger partial charge is 0.242 e. The summed E-state index contributed by atoms with van der Waals surface area (Å²) in [6.45, 7) is 1.05. The molecule has 6 amide bonds. The summed E-state index contributed by atoms with van der Waals surface area (Å²) in [4.78, 5) is 74.4. The van der Waals surface area contributed by atoms with E-state index in [4.69, 9.17) is 0 Å². The van der Waals surface area contributed by atoms with E-state index in [1.165, 1.54) is 33.1 Å². The summed E-state index contributed by atoms with van der Waals surface area (Å²) < 4.78 is 0. The van der Waals surface area contributed by atoms with Crippen molar-refractivity contribution in [3.8, 4) is 0 Å². The van der Waals surface area contributed by atoms with Crippen molar-refractivity contribution in [3.05, 3.63) is 0 Å². The highest BCUT2D eigenvalue weighted by Gasteiger charge is 2.20. The second kappa shape index (κ2) is 13.1. The Bertz CT molecular complexity index is 626. The van der Waals surface area contributed by atoms with E-state index in [1.807, 2.05) is 0 Å². The highest BCUT2D eigenvalue weighted by Crippen LogP contribution is 1.94. The number of nitrogens with zero attached hydrogens (tertiary/aromatic N) is 4. The zero-order valence-electron chi connectivity index (χ0n) is 17.6. The Kier molecular flexibility index (Phi) is 11.6. The van der Waals surface area contributed by atoms with Gasteiger partial charge in [-0.3, -0.25) is 28.8 Å². The van der Waals surface area contributed by atoms with Gasteiger partial charge in [0.15, 0.2) is 0 Å². The van der Waals surface area contributed by atoms with Crippen LogP contribution in [0.3, 0.4) is 0 Å². The Morgan fingerprint density at radius 3 is 1.62 bits per heavy atom. The van der Waals surface area contributed by atoms with Gasteiger partial charge in [-0.15, -0.1) is 0 Å². The predicted molar refractivity (Wildman–Crippen MR) is 103 cm³/mol. The van der Waals surface area contributed by atoms with Gasteiger partial charge in [0.2, 0.25) is 35.9 Å². The molecule has 12 heteroatoms. The lowest BCUT2D eigenvalue weighted by atomic mass is 10.4. The van der Waals surface area contributed by atoms with Crippen LogP contribution in [0, 0.1) is 0 Å². The molecule has 0 unspecified atom stereocenters. The van der Waals surface area contributed by atoms with Crippen molar-refractivity contribution < 1.29 is 28.8 Å². The molecule has 0 aromatic rings. The fraction of sp³-hybridized carbons (Fsp3) is 0.647. The summed E-state index contributed by atoms with van der Waals surface area (Å²) in [5.41, 5.74) is 0. The second-order valence-electron chi connectivity index (χ2n) is 6.50. The van der Waals surface area contributed by atoms with Gasteiger partial charge < -0.3 is 30.2 Å². The molecular formula is C17H30N6O6. The third-order valence-corrected chi connectivity index (χ3v) is 3.79. The van der Waals surface area contributed by atoms with Gasteiger partial charge in [-0.2, -0.15) is 0 Å². The molecule has 0 heterocycles. The molecule has 0 radical (unpaired) electrons. The van der Waals surface area contributed by atoms with Crippen molar-refractivity contribution in [2.24, 2.45) is 0 Å². The Balaban J connectivity index is 4.42. The SMILES string of the molecule is CCNC(=O)CN(C)C(=O)CN(C)C(=O)CN(C)C(=O)CNC(=O)CN(C)C=O. The molecule has 0 aliphatic carbocycles. The van der Waals surface area contributed by atoms with Crippen LogP contribution in [0.2, 0.25) is 0 Å². The first-order valence-corrected chi connectivity index (χ1v) is 8.92. The summed E-state index contributed by atoms with van der Waals surface area (Å²) in [6.07, 6.45) is 0.483. The summed E-state index contributed by atoms with van der Waals surface area (Å²) >= 11 is 0. The van der Waals surface area contributed by atoms with Crippen LogP contribution in [-0.2, 0) is 28.8 Å². The third-order valence-electron chi connectivity index (χ3n) is 3.79. The van der Waals surface area contributed by atoms with Crippen LogP contribution < -0.4 is 10.6 Å². The van der Waals surface area contributed by atoms with Gasteiger partial charge in [0.1, 0.15) is 0 Å². The van der Waals surface area contributed by atoms with Crippen molar-refractivity contribution in [3.63, 3.8) is 0 Å². The Hall–Kier alpha value is -3.18. The van der Waals surface area contributed by atoms with Gasteiger partial charge >= 0.3 is 0 Å². The number of hydrogen-bond donors (Lipinski definition) is 2. The number of nitrogens with one attached hydrogen (secondary N) is 2. The number of carbonyl (C=O) groups is 6. The molecule has 0 saturated heterocycles. The minimum atomic E-state index is -0.509. The van der Waals surface area contributed by atoms with Gasteiger partial charge in [0.25, 0.3) is 0 Å². The van der Waals surface area contributed by atoms with Crippen molar-refractivity contribution in [1.29, 1.82) is 0 Å². The first-order valence-electron chi connectivity index (χ1n) is 8.92. The van der Waals surface area contributed by atoms with E-state index in [9.17, 15) is 28.8 Å². The molecule has 0 aliphatic heterocycles. The zero-order valence-corrected chi connectivity index (χ0v) is 17.6. The monoisotopic (exact) mass is 414 g/mol. The third kappa shape index (κ3) is 10.7. The summed E-state index contributed by atoms with van der Waals surface area (Å²) in [5.74, 6) is -2.22. The van der Waals surface area contributed by atoms with E-state index in [0.29, 0.717) is 13.0 Å². The predicted octanol–water partition coefficient (Wildman–Crippen LogP) is -3.30. The maximum absolute atomic E-state index is 12.2. The average Bonchev–Trinajstić information content (AvgIpc) is 2.65. The number of amides is 6. The molecule has 0 saturated carbocycles. The molecule has 0 bridgehead atoms. The quantitative estimate of drug-likeness (QED) is 0.321. The zero-order chi connectivity index (χ0) is 22.6. The van der Waals surface area contributed by atoms with Crippen LogP contribution in [0.25, 0.3) is 0 Å². The van der Waals surface area contributed by atoms with Gasteiger partial charge in [-0.1, -0.05) is 0 Å². The van der Waals surface area contributed by atoms with E-state index >= 15 is 0 Å². The number of carbonyl (C=O) groups excluding carboxylic acids is 6. The number of likely N-dealkylation sites (N-methyl/N-ethyl adjacent to an activating group) is 5. The van der Waals surface area contributed by atoms with Crippen LogP contribution in [0.15, 0.2) is 0 Å². The molecule has 12 nitrogen and oxygen atoms in total. The second-order valence-corrected chi connectivity index (χ2v) is 6.50. The van der Waals surface area contributed by atoms with Crippen LogP contribution in [0.1, 0.15) is 6.92 Å². The molecule has 0 spiro atoms. The minimum absolute atomic E-state index is 0.119. The van der Waals surface area contributed by atoms with Gasteiger partial charge in [0, 0.05) is 34.7 Å². The van der Waals surface area contributed by atoms with Crippen molar-refractivity contribution in [1.82, 2.24) is 30.2 Å². The highest BCUT2D eigenvalue weighted by atomic mass is 16.2. The Morgan fingerprint density at radius 2 is 1.14 bits per heavy atom. The van der Waals surface area contributed by atoms with Gasteiger partial charge in [0.05, 0.1) is 32.7 Å². The molecule has 0 atom stereocenters. The van der Waals surface area contributed by atoms with Crippen LogP contribution >= 0.6 is 0 Å².